The van der Waals surface area contributed by atoms with E-state index in [1.165, 1.54) is 0 Å². The molecule has 0 heterocycles. The second-order valence-electron chi connectivity index (χ2n) is 0. The molecule has 0 amide bonds. The van der Waals surface area contributed by atoms with Gasteiger partial charge in [-0.1, -0.05) is 0 Å². The minimum Gasteiger partial charge on any atom is -0.307 e. The summed E-state index contributed by atoms with van der Waals surface area (Å²) in [7, 11) is 0. The van der Waals surface area contributed by atoms with E-state index < -0.39 is 0 Å². The van der Waals surface area contributed by atoms with Crippen LogP contribution in [0.25, 0.3) is 0 Å². The number of carbonyl (C=O) groups is 1. The van der Waals surface area contributed by atoms with Crippen molar-refractivity contribution in [3.05, 3.63) is 0 Å². The van der Waals surface area contributed by atoms with Gasteiger partial charge in [0, 0.05) is 19.5 Å². The topological polar surface area (TPSA) is 17.1 Å². The maximum absolute atomic E-state index is 8.00. The first-order chi connectivity index (χ1) is 1.00. The summed E-state index contributed by atoms with van der Waals surface area (Å²) < 4.78 is 0. The standard InChI is InChI=1S/CH2O.Rh.H2S/c1-2;;/h1H2;;1H2. The van der Waals surface area contributed by atoms with Crippen LogP contribution in [0.1, 0.15) is 0 Å². The van der Waals surface area contributed by atoms with E-state index in [4.69, 9.17) is 4.79 Å². The maximum atomic E-state index is 8.00. The molecule has 0 saturated carbocycles. The van der Waals surface area contributed by atoms with Gasteiger partial charge in [-0.3, -0.25) is 0 Å². The van der Waals surface area contributed by atoms with Crippen LogP contribution in [0.15, 0.2) is 0 Å². The Labute approximate surface area is 45.0 Å². The van der Waals surface area contributed by atoms with Gasteiger partial charge >= 0.3 is 0 Å². The Morgan fingerprint density at radius 2 is 1.25 bits per heavy atom. The minimum atomic E-state index is 0. The van der Waals surface area contributed by atoms with Crippen molar-refractivity contribution < 1.29 is 24.3 Å². The van der Waals surface area contributed by atoms with Crippen LogP contribution >= 0.6 is 13.5 Å². The molecular weight excluding hydrogens is 163 g/mol. The van der Waals surface area contributed by atoms with Crippen LogP contribution in [0.4, 0.5) is 0 Å². The normalized spacial score (nSPS) is 1.00. The van der Waals surface area contributed by atoms with Gasteiger partial charge in [-0.2, -0.15) is 13.5 Å². The van der Waals surface area contributed by atoms with Crippen LogP contribution in [0, 0.1) is 0 Å². The number of carbonyl (C=O) groups excluding carboxylic acids is 1. The predicted molar refractivity (Wildman–Crippen MR) is 17.5 cm³/mol. The fourth-order valence-corrected chi connectivity index (χ4v) is 0. The van der Waals surface area contributed by atoms with E-state index in [-0.39, 0.29) is 33.0 Å². The Kier molecular flexibility index (Phi) is 351. The summed E-state index contributed by atoms with van der Waals surface area (Å²) in [5.74, 6) is 0. The average molecular weight is 167 g/mol. The van der Waals surface area contributed by atoms with E-state index in [0.29, 0.717) is 0 Å². The van der Waals surface area contributed by atoms with Crippen molar-refractivity contribution in [2.75, 3.05) is 0 Å². The summed E-state index contributed by atoms with van der Waals surface area (Å²) in [5.41, 5.74) is 0. The Balaban J connectivity index is -0.00000000500. The van der Waals surface area contributed by atoms with Gasteiger partial charge in [-0.05, 0) is 0 Å². The van der Waals surface area contributed by atoms with Gasteiger partial charge in [0.1, 0.15) is 6.79 Å². The molecule has 0 N–H and O–H groups in total. The molecule has 0 aliphatic heterocycles. The first-order valence-electron chi connectivity index (χ1n) is 0.289. The average Bonchev–Trinajstić information content (AvgIpc) is 1.00. The van der Waals surface area contributed by atoms with Crippen molar-refractivity contribution in [3.63, 3.8) is 0 Å². The van der Waals surface area contributed by atoms with Gasteiger partial charge in [0.15, 0.2) is 0 Å². The number of rotatable bonds is 0. The molecule has 0 fully saturated rings. The molecule has 29 valence electrons. The molecule has 1 nitrogen and oxygen atoms in total. The van der Waals surface area contributed by atoms with Crippen molar-refractivity contribution in [2.45, 2.75) is 0 Å². The van der Waals surface area contributed by atoms with E-state index >= 15 is 0 Å². The molecule has 1 radical (unpaired) electrons. The maximum Gasteiger partial charge on any atom is 0.106 e. The van der Waals surface area contributed by atoms with Crippen molar-refractivity contribution in [1.29, 1.82) is 0 Å². The van der Waals surface area contributed by atoms with E-state index in [0.717, 1.165) is 0 Å². The fourth-order valence-electron chi connectivity index (χ4n) is 0. The molecule has 0 bridgehead atoms. The van der Waals surface area contributed by atoms with E-state index in [9.17, 15) is 0 Å². The van der Waals surface area contributed by atoms with Gasteiger partial charge in [0.2, 0.25) is 0 Å². The molecule has 0 aromatic carbocycles. The third-order valence-corrected chi connectivity index (χ3v) is 0. The zero-order valence-electron chi connectivity index (χ0n) is 1.95. The molecular formula is CH4ORhS. The van der Waals surface area contributed by atoms with Gasteiger partial charge < -0.3 is 4.79 Å². The van der Waals surface area contributed by atoms with Gasteiger partial charge in [-0.25, -0.2) is 0 Å². The van der Waals surface area contributed by atoms with Crippen LogP contribution < -0.4 is 0 Å². The quantitative estimate of drug-likeness (QED) is 0.461. The van der Waals surface area contributed by atoms with E-state index in [2.05, 4.69) is 0 Å². The molecule has 0 atom stereocenters. The molecule has 4 heavy (non-hydrogen) atoms. The molecule has 0 aromatic rings. The third-order valence-electron chi connectivity index (χ3n) is 0. The molecule has 3 heteroatoms. The largest absolute Gasteiger partial charge is 0.307 e. The van der Waals surface area contributed by atoms with Crippen molar-refractivity contribution >= 4 is 20.3 Å². The summed E-state index contributed by atoms with van der Waals surface area (Å²) >= 11 is 0. The van der Waals surface area contributed by atoms with E-state index in [1.54, 1.807) is 0 Å². The van der Waals surface area contributed by atoms with Crippen LogP contribution in [0.3, 0.4) is 0 Å². The van der Waals surface area contributed by atoms with Crippen LogP contribution in [-0.2, 0) is 24.3 Å². The Morgan fingerprint density at radius 1 is 1.25 bits per heavy atom. The van der Waals surface area contributed by atoms with Crippen molar-refractivity contribution in [3.8, 4) is 0 Å². The van der Waals surface area contributed by atoms with Crippen molar-refractivity contribution in [1.82, 2.24) is 0 Å². The SMILES string of the molecule is C=O.S.[Rh]. The smallest absolute Gasteiger partial charge is 0.106 e. The summed E-state index contributed by atoms with van der Waals surface area (Å²) in [6.07, 6.45) is 0. The molecule has 0 saturated heterocycles. The van der Waals surface area contributed by atoms with Crippen LogP contribution in [0.5, 0.6) is 0 Å². The summed E-state index contributed by atoms with van der Waals surface area (Å²) in [5, 5.41) is 0. The second kappa shape index (κ2) is 61.5. The summed E-state index contributed by atoms with van der Waals surface area (Å²) in [6.45, 7) is 2.00. The molecule has 0 aromatic heterocycles. The molecule has 0 aliphatic carbocycles. The Hall–Kier alpha value is 0.643. The zero-order chi connectivity index (χ0) is 2.00. The third kappa shape index (κ3) is 17.2. The van der Waals surface area contributed by atoms with Crippen molar-refractivity contribution in [2.24, 2.45) is 0 Å². The van der Waals surface area contributed by atoms with Gasteiger partial charge in [0.25, 0.3) is 0 Å². The molecule has 0 unspecified atom stereocenters. The monoisotopic (exact) mass is 167 g/mol. The fraction of sp³-hybridized carbons (Fsp3) is 0. The molecule has 0 rings (SSSR count). The summed E-state index contributed by atoms with van der Waals surface area (Å²) in [6, 6.07) is 0. The Morgan fingerprint density at radius 3 is 1.25 bits per heavy atom. The van der Waals surface area contributed by atoms with Gasteiger partial charge in [-0.15, -0.1) is 0 Å². The summed E-state index contributed by atoms with van der Waals surface area (Å²) in [4.78, 5) is 8.00. The van der Waals surface area contributed by atoms with Crippen LogP contribution in [0.2, 0.25) is 0 Å². The number of hydrogen-bond acceptors (Lipinski definition) is 1. The first-order valence-corrected chi connectivity index (χ1v) is 0.289. The predicted octanol–water partition coefficient (Wildman–Crippen LogP) is -0.0746. The molecule has 0 spiro atoms. The minimum absolute atomic E-state index is 0. The van der Waals surface area contributed by atoms with E-state index in [1.807, 2.05) is 6.79 Å². The second-order valence-corrected chi connectivity index (χ2v) is 0. The number of hydrogen-bond donors (Lipinski definition) is 0. The first kappa shape index (κ1) is 22.8. The Bertz CT molecular complexity index is 8.00. The molecule has 0 aliphatic rings. The van der Waals surface area contributed by atoms with Gasteiger partial charge in [0.05, 0.1) is 0 Å². The zero-order valence-corrected chi connectivity index (χ0v) is 4.59. The van der Waals surface area contributed by atoms with Crippen LogP contribution in [-0.4, -0.2) is 6.79 Å².